The van der Waals surface area contributed by atoms with Crippen molar-refractivity contribution >= 4 is 17.6 Å². The van der Waals surface area contributed by atoms with E-state index in [0.717, 1.165) is 6.07 Å². The minimum Gasteiger partial charge on any atom is -0.493 e. The van der Waals surface area contributed by atoms with Gasteiger partial charge in [0.1, 0.15) is 5.56 Å². The molecule has 0 aliphatic carbocycles. The van der Waals surface area contributed by atoms with Gasteiger partial charge in [0.15, 0.2) is 11.5 Å². The molecule has 1 saturated heterocycles. The van der Waals surface area contributed by atoms with Crippen LogP contribution in [0.3, 0.4) is 0 Å². The molecule has 1 aliphatic heterocycles. The molecule has 1 aliphatic rings. The standard InChI is InChI=1S/C16H20N2O7/c1-3-25-14-7-11(12(18(22)23)8-13(14)24-2)15(19)17-6-4-5-10(9-17)16(20)21/h7-8,10H,3-6,9H2,1-2H3,(H,20,21). The third-order valence-electron chi connectivity index (χ3n) is 4.07. The van der Waals surface area contributed by atoms with E-state index >= 15 is 0 Å². The smallest absolute Gasteiger partial charge is 0.308 e. The fourth-order valence-electron chi connectivity index (χ4n) is 2.83. The van der Waals surface area contributed by atoms with Crippen molar-refractivity contribution in [3.05, 3.63) is 27.8 Å². The number of carboxylic acid groups (broad SMARTS) is 1. The first-order valence-corrected chi connectivity index (χ1v) is 7.90. The van der Waals surface area contributed by atoms with Crippen LogP contribution in [-0.4, -0.2) is 53.6 Å². The molecular weight excluding hydrogens is 332 g/mol. The summed E-state index contributed by atoms with van der Waals surface area (Å²) in [6, 6.07) is 2.43. The maximum Gasteiger partial charge on any atom is 0.308 e. The van der Waals surface area contributed by atoms with Crippen LogP contribution >= 0.6 is 0 Å². The van der Waals surface area contributed by atoms with Gasteiger partial charge in [-0.3, -0.25) is 19.7 Å². The van der Waals surface area contributed by atoms with Crippen LogP contribution in [0.2, 0.25) is 0 Å². The zero-order chi connectivity index (χ0) is 18.6. The molecule has 1 amide bonds. The first-order chi connectivity index (χ1) is 11.9. The van der Waals surface area contributed by atoms with E-state index in [1.807, 2.05) is 0 Å². The van der Waals surface area contributed by atoms with Crippen LogP contribution < -0.4 is 9.47 Å². The van der Waals surface area contributed by atoms with Gasteiger partial charge in [-0.1, -0.05) is 0 Å². The number of piperidine rings is 1. The molecule has 25 heavy (non-hydrogen) atoms. The molecule has 0 radical (unpaired) electrons. The number of carboxylic acids is 1. The second-order valence-electron chi connectivity index (χ2n) is 5.64. The Morgan fingerprint density at radius 1 is 1.40 bits per heavy atom. The van der Waals surface area contributed by atoms with Crippen molar-refractivity contribution < 1.29 is 29.1 Å². The fraction of sp³-hybridized carbons (Fsp3) is 0.500. The van der Waals surface area contributed by atoms with Crippen LogP contribution in [0.5, 0.6) is 11.5 Å². The Kier molecular flexibility index (Phi) is 5.79. The third-order valence-corrected chi connectivity index (χ3v) is 4.07. The predicted octanol–water partition coefficient (Wildman–Crippen LogP) is 1.94. The molecule has 1 atom stereocenters. The van der Waals surface area contributed by atoms with Crippen LogP contribution in [0.1, 0.15) is 30.1 Å². The highest BCUT2D eigenvalue weighted by Gasteiger charge is 2.32. The average Bonchev–Trinajstić information content (AvgIpc) is 2.60. The summed E-state index contributed by atoms with van der Waals surface area (Å²) in [5.74, 6) is -1.84. The largest absolute Gasteiger partial charge is 0.493 e. The topological polar surface area (TPSA) is 119 Å². The Morgan fingerprint density at radius 2 is 2.12 bits per heavy atom. The SMILES string of the molecule is CCOc1cc(C(=O)N2CCCC(C(=O)O)C2)c([N+](=O)[O-])cc1OC. The lowest BCUT2D eigenvalue weighted by Crippen LogP contribution is -2.42. The fourth-order valence-corrected chi connectivity index (χ4v) is 2.83. The summed E-state index contributed by atoms with van der Waals surface area (Å²) in [4.78, 5) is 36.0. The minimum absolute atomic E-state index is 0.0291. The van der Waals surface area contributed by atoms with Crippen molar-refractivity contribution in [3.63, 3.8) is 0 Å². The summed E-state index contributed by atoms with van der Waals surface area (Å²) < 4.78 is 10.5. The number of hydrogen-bond acceptors (Lipinski definition) is 6. The average molecular weight is 352 g/mol. The molecule has 1 heterocycles. The quantitative estimate of drug-likeness (QED) is 0.613. The first-order valence-electron chi connectivity index (χ1n) is 7.90. The molecule has 0 aromatic heterocycles. The van der Waals surface area contributed by atoms with Crippen molar-refractivity contribution in [2.75, 3.05) is 26.8 Å². The van der Waals surface area contributed by atoms with Crippen molar-refractivity contribution in [1.82, 2.24) is 4.90 Å². The minimum atomic E-state index is -0.975. The molecule has 136 valence electrons. The van der Waals surface area contributed by atoms with E-state index in [1.54, 1.807) is 6.92 Å². The molecular formula is C16H20N2O7. The molecule has 1 unspecified atom stereocenters. The number of rotatable bonds is 6. The van der Waals surface area contributed by atoms with E-state index in [1.165, 1.54) is 18.1 Å². The molecule has 1 N–H and O–H groups in total. The van der Waals surface area contributed by atoms with Gasteiger partial charge in [0, 0.05) is 19.2 Å². The lowest BCUT2D eigenvalue weighted by atomic mass is 9.97. The summed E-state index contributed by atoms with van der Waals surface area (Å²) in [6.07, 6.45) is 1.01. The number of nitro groups is 1. The highest BCUT2D eigenvalue weighted by molar-refractivity contribution is 5.99. The maximum absolute atomic E-state index is 12.8. The van der Waals surface area contributed by atoms with Crippen molar-refractivity contribution in [2.45, 2.75) is 19.8 Å². The molecule has 9 heteroatoms. The molecule has 9 nitrogen and oxygen atoms in total. The van der Waals surface area contributed by atoms with E-state index in [2.05, 4.69) is 0 Å². The number of carbonyl (C=O) groups is 2. The molecule has 2 rings (SSSR count). The number of hydrogen-bond donors (Lipinski definition) is 1. The second-order valence-corrected chi connectivity index (χ2v) is 5.64. The van der Waals surface area contributed by atoms with Gasteiger partial charge < -0.3 is 19.5 Å². The number of aliphatic carboxylic acids is 1. The van der Waals surface area contributed by atoms with Crippen LogP contribution in [-0.2, 0) is 4.79 Å². The molecule has 1 aromatic carbocycles. The third kappa shape index (κ3) is 3.98. The van der Waals surface area contributed by atoms with Gasteiger partial charge in [0.2, 0.25) is 0 Å². The van der Waals surface area contributed by atoms with E-state index in [9.17, 15) is 19.7 Å². The number of nitro benzene ring substituents is 1. The van der Waals surface area contributed by atoms with E-state index in [0.29, 0.717) is 26.0 Å². The summed E-state index contributed by atoms with van der Waals surface area (Å²) in [6.45, 7) is 2.42. The molecule has 0 spiro atoms. The molecule has 0 saturated carbocycles. The lowest BCUT2D eigenvalue weighted by molar-refractivity contribution is -0.385. The highest BCUT2D eigenvalue weighted by Crippen LogP contribution is 2.35. The van der Waals surface area contributed by atoms with Crippen molar-refractivity contribution in [2.24, 2.45) is 5.92 Å². The van der Waals surface area contributed by atoms with Crippen molar-refractivity contribution in [1.29, 1.82) is 0 Å². The van der Waals surface area contributed by atoms with Gasteiger partial charge in [-0.2, -0.15) is 0 Å². The summed E-state index contributed by atoms with van der Waals surface area (Å²) in [7, 11) is 1.35. The number of likely N-dealkylation sites (tertiary alicyclic amines) is 1. The Hall–Kier alpha value is -2.84. The van der Waals surface area contributed by atoms with Gasteiger partial charge in [-0.25, -0.2) is 0 Å². The van der Waals surface area contributed by atoms with Gasteiger partial charge in [-0.15, -0.1) is 0 Å². The number of amides is 1. The maximum atomic E-state index is 12.8. The Bertz CT molecular complexity index is 689. The van der Waals surface area contributed by atoms with Crippen molar-refractivity contribution in [3.8, 4) is 11.5 Å². The number of methoxy groups -OCH3 is 1. The van der Waals surface area contributed by atoms with Gasteiger partial charge >= 0.3 is 5.97 Å². The Morgan fingerprint density at radius 3 is 2.68 bits per heavy atom. The van der Waals surface area contributed by atoms with E-state index in [-0.39, 0.29) is 23.6 Å². The van der Waals surface area contributed by atoms with Gasteiger partial charge in [0.05, 0.1) is 30.6 Å². The second kappa shape index (κ2) is 7.82. The highest BCUT2D eigenvalue weighted by atomic mass is 16.6. The number of nitrogens with zero attached hydrogens (tertiary/aromatic N) is 2. The van der Waals surface area contributed by atoms with Crippen LogP contribution in [0.25, 0.3) is 0 Å². The Labute approximate surface area is 144 Å². The predicted molar refractivity (Wildman–Crippen MR) is 87.1 cm³/mol. The number of carbonyl (C=O) groups excluding carboxylic acids is 1. The van der Waals surface area contributed by atoms with Crippen LogP contribution in [0.4, 0.5) is 5.69 Å². The van der Waals surface area contributed by atoms with E-state index < -0.39 is 28.4 Å². The molecule has 0 bridgehead atoms. The zero-order valence-corrected chi connectivity index (χ0v) is 14.1. The monoisotopic (exact) mass is 352 g/mol. The molecule has 1 fully saturated rings. The van der Waals surface area contributed by atoms with Crippen LogP contribution in [0, 0.1) is 16.0 Å². The lowest BCUT2D eigenvalue weighted by Gasteiger charge is -2.30. The van der Waals surface area contributed by atoms with Gasteiger partial charge in [-0.05, 0) is 19.8 Å². The summed E-state index contributed by atoms with van der Waals surface area (Å²) >= 11 is 0. The normalized spacial score (nSPS) is 17.0. The number of ether oxygens (including phenoxy) is 2. The zero-order valence-electron chi connectivity index (χ0n) is 14.1. The van der Waals surface area contributed by atoms with Gasteiger partial charge in [0.25, 0.3) is 11.6 Å². The van der Waals surface area contributed by atoms with E-state index in [4.69, 9.17) is 14.6 Å². The summed E-state index contributed by atoms with van der Waals surface area (Å²) in [5.41, 5.74) is -0.539. The number of benzene rings is 1. The Balaban J connectivity index is 2.41. The summed E-state index contributed by atoms with van der Waals surface area (Å²) in [5, 5.41) is 20.5. The molecule has 1 aromatic rings. The first kappa shape index (κ1) is 18.5. The van der Waals surface area contributed by atoms with Crippen LogP contribution in [0.15, 0.2) is 12.1 Å².